The molecule has 0 fully saturated rings. The molecule has 0 saturated carbocycles. The number of carboxylic acid groups (broad SMARTS) is 1. The van der Waals surface area contributed by atoms with E-state index in [4.69, 9.17) is 9.84 Å². The molecule has 0 spiro atoms. The normalized spacial score (nSPS) is 14.3. The molecule has 5 heteroatoms. The summed E-state index contributed by atoms with van der Waals surface area (Å²) < 4.78 is 18.9. The summed E-state index contributed by atoms with van der Waals surface area (Å²) in [4.78, 5) is 13.2. The topological polar surface area (TPSA) is 49.8 Å². The number of ether oxygens (including phenoxy) is 1. The molecule has 120 valence electrons. The van der Waals surface area contributed by atoms with E-state index in [2.05, 4.69) is 4.90 Å². The lowest BCUT2D eigenvalue weighted by Gasteiger charge is -2.29. The number of aromatic carboxylic acids is 1. The fraction of sp³-hybridized carbons (Fsp3) is 0.278. The molecule has 23 heavy (non-hydrogen) atoms. The van der Waals surface area contributed by atoms with Gasteiger partial charge in [-0.2, -0.15) is 0 Å². The molecule has 0 saturated heterocycles. The minimum atomic E-state index is -0.926. The summed E-state index contributed by atoms with van der Waals surface area (Å²) in [6.07, 6.45) is 0.824. The summed E-state index contributed by atoms with van der Waals surface area (Å²) in [6.45, 7) is 2.14. The molecule has 0 unspecified atom stereocenters. The summed E-state index contributed by atoms with van der Waals surface area (Å²) >= 11 is 0. The van der Waals surface area contributed by atoms with Crippen LogP contribution in [0.15, 0.2) is 36.4 Å². The molecule has 1 heterocycles. The van der Waals surface area contributed by atoms with Gasteiger partial charge in [-0.1, -0.05) is 12.1 Å². The predicted octanol–water partition coefficient (Wildman–Crippen LogP) is 3.09. The predicted molar refractivity (Wildman–Crippen MR) is 84.2 cm³/mol. The van der Waals surface area contributed by atoms with Gasteiger partial charge in [-0.25, -0.2) is 9.18 Å². The first-order valence-electron chi connectivity index (χ1n) is 7.46. The van der Waals surface area contributed by atoms with E-state index in [1.807, 2.05) is 6.07 Å². The quantitative estimate of drug-likeness (QED) is 0.942. The van der Waals surface area contributed by atoms with Crippen LogP contribution < -0.4 is 4.74 Å². The summed E-state index contributed by atoms with van der Waals surface area (Å²) in [6, 6.07) is 10.2. The maximum Gasteiger partial charge on any atom is 0.335 e. The average molecular weight is 315 g/mol. The molecule has 0 radical (unpaired) electrons. The van der Waals surface area contributed by atoms with Crippen LogP contribution in [0.5, 0.6) is 5.75 Å². The first-order chi connectivity index (χ1) is 11.1. The number of halogens is 1. The Morgan fingerprint density at radius 1 is 1.30 bits per heavy atom. The van der Waals surface area contributed by atoms with Gasteiger partial charge in [-0.15, -0.1) is 0 Å². The van der Waals surface area contributed by atoms with Crippen LogP contribution in [-0.4, -0.2) is 29.6 Å². The first kappa shape index (κ1) is 15.5. The number of nitrogens with zero attached hydrogens (tertiary/aromatic N) is 1. The number of hydrogen-bond donors (Lipinski definition) is 1. The van der Waals surface area contributed by atoms with Gasteiger partial charge in [0.1, 0.15) is 0 Å². The lowest BCUT2D eigenvalue weighted by Crippen LogP contribution is -2.30. The summed E-state index contributed by atoms with van der Waals surface area (Å²) in [5.74, 6) is -0.989. The largest absolute Gasteiger partial charge is 0.494 e. The van der Waals surface area contributed by atoms with E-state index in [0.717, 1.165) is 29.7 Å². The standard InChI is InChI=1S/C18H18FNO3/c1-23-17-9-13-5-6-20(11-15(13)8-16(17)19)10-12-3-2-4-14(7-12)18(21)22/h2-4,7-9H,5-6,10-11H2,1H3,(H,21,22). The fourth-order valence-corrected chi connectivity index (χ4v) is 2.97. The van der Waals surface area contributed by atoms with Crippen molar-refractivity contribution in [3.8, 4) is 5.75 Å². The van der Waals surface area contributed by atoms with Gasteiger partial charge >= 0.3 is 5.97 Å². The van der Waals surface area contributed by atoms with Gasteiger partial charge in [0.05, 0.1) is 12.7 Å². The third-order valence-corrected chi connectivity index (χ3v) is 4.15. The van der Waals surface area contributed by atoms with E-state index in [9.17, 15) is 9.18 Å². The van der Waals surface area contributed by atoms with Crippen molar-refractivity contribution < 1.29 is 19.0 Å². The maximum absolute atomic E-state index is 13.9. The van der Waals surface area contributed by atoms with Crippen molar-refractivity contribution in [2.75, 3.05) is 13.7 Å². The van der Waals surface area contributed by atoms with Crippen molar-refractivity contribution in [3.05, 3.63) is 64.5 Å². The Hall–Kier alpha value is -2.40. The van der Waals surface area contributed by atoms with E-state index >= 15 is 0 Å². The van der Waals surface area contributed by atoms with Gasteiger partial charge in [-0.3, -0.25) is 4.90 Å². The van der Waals surface area contributed by atoms with Crippen molar-refractivity contribution in [1.29, 1.82) is 0 Å². The third kappa shape index (κ3) is 3.35. The van der Waals surface area contributed by atoms with Crippen molar-refractivity contribution in [2.45, 2.75) is 19.5 Å². The summed E-state index contributed by atoms with van der Waals surface area (Å²) in [7, 11) is 1.47. The molecule has 1 N–H and O–H groups in total. The Kier molecular flexibility index (Phi) is 4.30. The van der Waals surface area contributed by atoms with E-state index < -0.39 is 5.97 Å². The van der Waals surface area contributed by atoms with Gasteiger partial charge in [0.15, 0.2) is 11.6 Å². The zero-order chi connectivity index (χ0) is 16.4. The highest BCUT2D eigenvalue weighted by molar-refractivity contribution is 5.87. The van der Waals surface area contributed by atoms with E-state index in [-0.39, 0.29) is 17.1 Å². The molecular formula is C18H18FNO3. The molecule has 0 aliphatic carbocycles. The second-order valence-corrected chi connectivity index (χ2v) is 5.72. The zero-order valence-electron chi connectivity index (χ0n) is 12.9. The Labute approximate surface area is 134 Å². The highest BCUT2D eigenvalue weighted by Crippen LogP contribution is 2.27. The molecule has 1 aliphatic rings. The molecule has 2 aromatic rings. The number of carbonyl (C=O) groups is 1. The lowest BCUT2D eigenvalue weighted by atomic mass is 9.98. The minimum Gasteiger partial charge on any atom is -0.494 e. The van der Waals surface area contributed by atoms with Gasteiger partial charge < -0.3 is 9.84 Å². The molecule has 2 aromatic carbocycles. The van der Waals surface area contributed by atoms with Crippen molar-refractivity contribution >= 4 is 5.97 Å². The number of rotatable bonds is 4. The second-order valence-electron chi connectivity index (χ2n) is 5.72. The highest BCUT2D eigenvalue weighted by Gasteiger charge is 2.19. The Morgan fingerprint density at radius 3 is 2.87 bits per heavy atom. The van der Waals surface area contributed by atoms with Crippen LogP contribution in [0.1, 0.15) is 27.0 Å². The summed E-state index contributed by atoms with van der Waals surface area (Å²) in [5.41, 5.74) is 3.31. The molecule has 3 rings (SSSR count). The van der Waals surface area contributed by atoms with Crippen molar-refractivity contribution in [1.82, 2.24) is 4.90 Å². The van der Waals surface area contributed by atoms with Gasteiger partial charge in [0.2, 0.25) is 0 Å². The SMILES string of the molecule is COc1cc2c(cc1F)CN(Cc1cccc(C(=O)O)c1)CC2. The Balaban J connectivity index is 1.76. The number of methoxy groups -OCH3 is 1. The number of hydrogen-bond acceptors (Lipinski definition) is 3. The first-order valence-corrected chi connectivity index (χ1v) is 7.46. The lowest BCUT2D eigenvalue weighted by molar-refractivity contribution is 0.0696. The molecule has 0 atom stereocenters. The summed E-state index contributed by atoms with van der Waals surface area (Å²) in [5, 5.41) is 9.06. The van der Waals surface area contributed by atoms with Gasteiger partial charge in [-0.05, 0) is 47.4 Å². The monoisotopic (exact) mass is 315 g/mol. The van der Waals surface area contributed by atoms with Gasteiger partial charge in [0, 0.05) is 19.6 Å². The number of benzene rings is 2. The zero-order valence-corrected chi connectivity index (χ0v) is 12.9. The minimum absolute atomic E-state index is 0.284. The average Bonchev–Trinajstić information content (AvgIpc) is 2.54. The van der Waals surface area contributed by atoms with Crippen molar-refractivity contribution in [2.24, 2.45) is 0 Å². The Bertz CT molecular complexity index is 745. The molecule has 4 nitrogen and oxygen atoms in total. The van der Waals surface area contributed by atoms with Crippen LogP contribution in [-0.2, 0) is 19.5 Å². The maximum atomic E-state index is 13.9. The molecule has 0 aromatic heterocycles. The van der Waals surface area contributed by atoms with Crippen LogP contribution >= 0.6 is 0 Å². The van der Waals surface area contributed by atoms with Crippen LogP contribution in [0.25, 0.3) is 0 Å². The highest BCUT2D eigenvalue weighted by atomic mass is 19.1. The van der Waals surface area contributed by atoms with E-state index in [1.165, 1.54) is 13.2 Å². The van der Waals surface area contributed by atoms with E-state index in [0.29, 0.717) is 13.1 Å². The Morgan fingerprint density at radius 2 is 2.13 bits per heavy atom. The molecule has 1 aliphatic heterocycles. The van der Waals surface area contributed by atoms with Crippen LogP contribution in [0, 0.1) is 5.82 Å². The number of carboxylic acids is 1. The smallest absolute Gasteiger partial charge is 0.335 e. The van der Waals surface area contributed by atoms with Crippen LogP contribution in [0.2, 0.25) is 0 Å². The second kappa shape index (κ2) is 6.38. The van der Waals surface area contributed by atoms with Crippen LogP contribution in [0.4, 0.5) is 4.39 Å². The van der Waals surface area contributed by atoms with E-state index in [1.54, 1.807) is 24.3 Å². The molecule has 0 bridgehead atoms. The van der Waals surface area contributed by atoms with Crippen LogP contribution in [0.3, 0.4) is 0 Å². The number of fused-ring (bicyclic) bond motifs is 1. The fourth-order valence-electron chi connectivity index (χ4n) is 2.97. The molecule has 0 amide bonds. The molecular weight excluding hydrogens is 297 g/mol. The van der Waals surface area contributed by atoms with Crippen molar-refractivity contribution in [3.63, 3.8) is 0 Å². The third-order valence-electron chi connectivity index (χ3n) is 4.15. The van der Waals surface area contributed by atoms with Gasteiger partial charge in [0.25, 0.3) is 0 Å².